The van der Waals surface area contributed by atoms with E-state index in [1.165, 1.54) is 35.5 Å². The van der Waals surface area contributed by atoms with E-state index in [4.69, 9.17) is 0 Å². The summed E-state index contributed by atoms with van der Waals surface area (Å²) in [6, 6.07) is 17.7. The first-order valence-electron chi connectivity index (χ1n) is 9.40. The Labute approximate surface area is 168 Å². The quantitative estimate of drug-likeness (QED) is 0.516. The molecule has 0 spiro atoms. The topological polar surface area (TPSA) is 88.4 Å². The Hall–Kier alpha value is -3.74. The molecule has 0 fully saturated rings. The van der Waals surface area contributed by atoms with E-state index in [1.54, 1.807) is 6.20 Å². The molecule has 3 aromatic rings. The molecule has 0 radical (unpaired) electrons. The van der Waals surface area contributed by atoms with E-state index in [9.17, 15) is 14.9 Å². The number of nitro benzene ring substituents is 1. The van der Waals surface area contributed by atoms with Gasteiger partial charge in [-0.1, -0.05) is 24.3 Å². The molecule has 1 atom stereocenters. The lowest BCUT2D eigenvalue weighted by molar-refractivity contribution is -0.384. The number of pyridine rings is 1. The summed E-state index contributed by atoms with van der Waals surface area (Å²) in [6.45, 7) is 1.27. The van der Waals surface area contributed by atoms with Crippen LogP contribution in [0.1, 0.15) is 27.5 Å². The van der Waals surface area contributed by atoms with Crippen molar-refractivity contribution in [3.05, 3.63) is 99.9 Å². The van der Waals surface area contributed by atoms with Crippen LogP contribution in [0.25, 0.3) is 0 Å². The highest BCUT2D eigenvalue weighted by molar-refractivity contribution is 5.94. The van der Waals surface area contributed by atoms with Crippen LogP contribution in [0.15, 0.2) is 73.1 Å². The molecule has 7 nitrogen and oxygen atoms in total. The Bertz CT molecular complexity index is 1020. The van der Waals surface area contributed by atoms with E-state index in [0.717, 1.165) is 18.5 Å². The van der Waals surface area contributed by atoms with Crippen molar-refractivity contribution in [3.63, 3.8) is 0 Å². The van der Waals surface area contributed by atoms with Gasteiger partial charge in [0, 0.05) is 48.9 Å². The van der Waals surface area contributed by atoms with Crippen molar-refractivity contribution in [1.29, 1.82) is 0 Å². The van der Waals surface area contributed by atoms with E-state index in [1.807, 2.05) is 30.5 Å². The summed E-state index contributed by atoms with van der Waals surface area (Å²) in [5.74, 6) is -0.263. The number of carbonyl (C=O) groups excluding carboxylic acids is 1. The lowest BCUT2D eigenvalue weighted by Crippen LogP contribution is -2.37. The van der Waals surface area contributed by atoms with Crippen molar-refractivity contribution >= 4 is 17.3 Å². The first-order chi connectivity index (χ1) is 14.1. The van der Waals surface area contributed by atoms with Gasteiger partial charge in [0.05, 0.1) is 11.0 Å². The normalized spacial score (nSPS) is 13.6. The molecule has 29 heavy (non-hydrogen) atoms. The molecule has 2 aromatic carbocycles. The first kappa shape index (κ1) is 18.6. The Morgan fingerprint density at radius 3 is 2.66 bits per heavy atom. The number of hydrogen-bond acceptors (Lipinski definition) is 5. The lowest BCUT2D eigenvalue weighted by atomic mass is 10.1. The second kappa shape index (κ2) is 8.10. The molecule has 1 N–H and O–H groups in total. The SMILES string of the molecule is O=C(NC[C@H](c1cccnc1)N1CCc2ccccc21)c1ccc([N+](=O)[O-])cc1. The van der Waals surface area contributed by atoms with Gasteiger partial charge in [-0.15, -0.1) is 0 Å². The Morgan fingerprint density at radius 2 is 1.93 bits per heavy atom. The molecule has 146 valence electrons. The fraction of sp³-hybridized carbons (Fsp3) is 0.182. The molecule has 2 heterocycles. The molecule has 0 bridgehead atoms. The molecule has 7 heteroatoms. The van der Waals surface area contributed by atoms with Crippen molar-refractivity contribution in [2.45, 2.75) is 12.5 Å². The number of para-hydroxylation sites is 1. The summed E-state index contributed by atoms with van der Waals surface area (Å²) < 4.78 is 0. The van der Waals surface area contributed by atoms with Gasteiger partial charge in [-0.05, 0) is 41.8 Å². The smallest absolute Gasteiger partial charge is 0.269 e. The maximum Gasteiger partial charge on any atom is 0.269 e. The van der Waals surface area contributed by atoms with Crippen molar-refractivity contribution in [1.82, 2.24) is 10.3 Å². The Balaban J connectivity index is 1.54. The predicted octanol–water partition coefficient (Wildman–Crippen LogP) is 3.52. The zero-order chi connectivity index (χ0) is 20.2. The predicted molar refractivity (Wildman–Crippen MR) is 110 cm³/mol. The van der Waals surface area contributed by atoms with E-state index in [0.29, 0.717) is 12.1 Å². The van der Waals surface area contributed by atoms with Crippen LogP contribution in [0.2, 0.25) is 0 Å². The summed E-state index contributed by atoms with van der Waals surface area (Å²) in [7, 11) is 0. The van der Waals surface area contributed by atoms with Gasteiger partial charge in [-0.25, -0.2) is 0 Å². The number of carbonyl (C=O) groups is 1. The maximum absolute atomic E-state index is 12.6. The number of fused-ring (bicyclic) bond motifs is 1. The van der Waals surface area contributed by atoms with Crippen LogP contribution in [0.4, 0.5) is 11.4 Å². The van der Waals surface area contributed by atoms with Crippen LogP contribution in [-0.4, -0.2) is 28.9 Å². The van der Waals surface area contributed by atoms with E-state index >= 15 is 0 Å². The van der Waals surface area contributed by atoms with Gasteiger partial charge in [-0.3, -0.25) is 19.9 Å². The highest BCUT2D eigenvalue weighted by Gasteiger charge is 2.27. The minimum absolute atomic E-state index is 0.0385. The number of anilines is 1. The summed E-state index contributed by atoms with van der Waals surface area (Å²) >= 11 is 0. The zero-order valence-electron chi connectivity index (χ0n) is 15.7. The minimum atomic E-state index is -0.481. The van der Waals surface area contributed by atoms with E-state index in [-0.39, 0.29) is 17.6 Å². The fourth-order valence-corrected chi connectivity index (χ4v) is 3.69. The van der Waals surface area contributed by atoms with E-state index in [2.05, 4.69) is 27.3 Å². The first-order valence-corrected chi connectivity index (χ1v) is 9.40. The third-order valence-corrected chi connectivity index (χ3v) is 5.16. The van der Waals surface area contributed by atoms with Gasteiger partial charge in [0.25, 0.3) is 11.6 Å². The van der Waals surface area contributed by atoms with Crippen LogP contribution in [-0.2, 0) is 6.42 Å². The molecular formula is C22H20N4O3. The summed E-state index contributed by atoms with van der Waals surface area (Å²) in [4.78, 5) is 29.5. The van der Waals surface area contributed by atoms with Crippen molar-refractivity contribution in [3.8, 4) is 0 Å². The molecule has 1 aromatic heterocycles. The molecule has 1 amide bonds. The molecule has 0 aliphatic carbocycles. The summed E-state index contributed by atoms with van der Waals surface area (Å²) in [5.41, 5.74) is 3.84. The molecule has 1 aliphatic rings. The number of aromatic nitrogens is 1. The molecule has 4 rings (SSSR count). The average Bonchev–Trinajstić information content (AvgIpc) is 3.19. The summed E-state index contributed by atoms with van der Waals surface area (Å²) in [5, 5.41) is 13.8. The van der Waals surface area contributed by atoms with Crippen LogP contribution < -0.4 is 10.2 Å². The fourth-order valence-electron chi connectivity index (χ4n) is 3.69. The molecule has 1 aliphatic heterocycles. The van der Waals surface area contributed by atoms with Gasteiger partial charge in [0.1, 0.15) is 0 Å². The lowest BCUT2D eigenvalue weighted by Gasteiger charge is -2.31. The zero-order valence-corrected chi connectivity index (χ0v) is 15.7. The van der Waals surface area contributed by atoms with Crippen LogP contribution in [0, 0.1) is 10.1 Å². The second-order valence-corrected chi connectivity index (χ2v) is 6.89. The third kappa shape index (κ3) is 3.94. The van der Waals surface area contributed by atoms with Gasteiger partial charge in [-0.2, -0.15) is 0 Å². The van der Waals surface area contributed by atoms with Gasteiger partial charge in [0.15, 0.2) is 0 Å². The van der Waals surface area contributed by atoms with Crippen molar-refractivity contribution < 1.29 is 9.72 Å². The number of amides is 1. The monoisotopic (exact) mass is 388 g/mol. The van der Waals surface area contributed by atoms with Crippen LogP contribution in [0.3, 0.4) is 0 Å². The third-order valence-electron chi connectivity index (χ3n) is 5.16. The number of hydrogen-bond donors (Lipinski definition) is 1. The Morgan fingerprint density at radius 1 is 1.14 bits per heavy atom. The van der Waals surface area contributed by atoms with E-state index < -0.39 is 4.92 Å². The van der Waals surface area contributed by atoms with Crippen LogP contribution >= 0.6 is 0 Å². The van der Waals surface area contributed by atoms with Gasteiger partial charge < -0.3 is 10.2 Å². The molecule has 0 saturated heterocycles. The highest BCUT2D eigenvalue weighted by Crippen LogP contribution is 2.34. The molecule has 0 unspecified atom stereocenters. The highest BCUT2D eigenvalue weighted by atomic mass is 16.6. The Kier molecular flexibility index (Phi) is 5.20. The number of nitrogens with one attached hydrogen (secondary N) is 1. The number of rotatable bonds is 6. The standard InChI is InChI=1S/C22H20N4O3/c27-22(17-7-9-19(10-8-17)26(28)29)24-15-21(18-5-3-12-23-14-18)25-13-11-16-4-1-2-6-20(16)25/h1-10,12,14,21H,11,13,15H2,(H,24,27)/t21-/m1/s1. The number of nitro groups is 1. The van der Waals surface area contributed by atoms with Crippen molar-refractivity contribution in [2.75, 3.05) is 18.0 Å². The number of non-ortho nitro benzene ring substituents is 1. The molecule has 0 saturated carbocycles. The maximum atomic E-state index is 12.6. The molecular weight excluding hydrogens is 368 g/mol. The van der Waals surface area contributed by atoms with Crippen molar-refractivity contribution in [2.24, 2.45) is 0 Å². The number of nitrogens with zero attached hydrogens (tertiary/aromatic N) is 3. The minimum Gasteiger partial charge on any atom is -0.362 e. The van der Waals surface area contributed by atoms with Gasteiger partial charge in [0.2, 0.25) is 0 Å². The average molecular weight is 388 g/mol. The van der Waals surface area contributed by atoms with Crippen LogP contribution in [0.5, 0.6) is 0 Å². The largest absolute Gasteiger partial charge is 0.362 e. The summed E-state index contributed by atoms with van der Waals surface area (Å²) in [6.07, 6.45) is 4.51. The second-order valence-electron chi connectivity index (χ2n) is 6.89. The van der Waals surface area contributed by atoms with Gasteiger partial charge >= 0.3 is 0 Å². The number of benzene rings is 2.